The zero-order chi connectivity index (χ0) is 19.3. The van der Waals surface area contributed by atoms with Crippen LogP contribution in [0.25, 0.3) is 11.0 Å². The SMILES string of the molecule is Cc1ccc(N2CCN(CCCOc3ccc4c(=O)ccoc4c3)CC2)cc1. The summed E-state index contributed by atoms with van der Waals surface area (Å²) < 4.78 is 11.2. The normalized spacial score (nSPS) is 15.1. The van der Waals surface area contributed by atoms with Crippen molar-refractivity contribution in [2.24, 2.45) is 0 Å². The summed E-state index contributed by atoms with van der Waals surface area (Å²) in [4.78, 5) is 16.7. The number of hydrogen-bond acceptors (Lipinski definition) is 5. The Bertz CT molecular complexity index is 973. The van der Waals surface area contributed by atoms with Gasteiger partial charge < -0.3 is 14.1 Å². The van der Waals surface area contributed by atoms with E-state index in [1.54, 1.807) is 12.1 Å². The zero-order valence-corrected chi connectivity index (χ0v) is 16.3. The van der Waals surface area contributed by atoms with E-state index in [2.05, 4.69) is 41.0 Å². The Labute approximate surface area is 165 Å². The van der Waals surface area contributed by atoms with Crippen molar-refractivity contribution in [1.29, 1.82) is 0 Å². The topological polar surface area (TPSA) is 45.9 Å². The maximum atomic E-state index is 11.7. The van der Waals surface area contributed by atoms with Gasteiger partial charge in [-0.05, 0) is 37.6 Å². The van der Waals surface area contributed by atoms with Gasteiger partial charge >= 0.3 is 0 Å². The van der Waals surface area contributed by atoms with Crippen molar-refractivity contribution in [3.8, 4) is 5.75 Å². The quantitative estimate of drug-likeness (QED) is 0.612. The van der Waals surface area contributed by atoms with Crippen LogP contribution in [0.3, 0.4) is 0 Å². The summed E-state index contributed by atoms with van der Waals surface area (Å²) in [6.07, 6.45) is 2.39. The third-order valence-electron chi connectivity index (χ3n) is 5.29. The van der Waals surface area contributed by atoms with Crippen LogP contribution in [0, 0.1) is 6.92 Å². The number of anilines is 1. The first-order valence-electron chi connectivity index (χ1n) is 9.87. The van der Waals surface area contributed by atoms with Crippen LogP contribution in [0.4, 0.5) is 5.69 Å². The first-order valence-corrected chi connectivity index (χ1v) is 9.87. The lowest BCUT2D eigenvalue weighted by molar-refractivity contribution is 0.225. The summed E-state index contributed by atoms with van der Waals surface area (Å²) >= 11 is 0. The average Bonchev–Trinajstić information content (AvgIpc) is 2.72. The van der Waals surface area contributed by atoms with E-state index in [-0.39, 0.29) is 5.43 Å². The molecule has 4 rings (SSSR count). The second-order valence-corrected chi connectivity index (χ2v) is 7.31. The minimum absolute atomic E-state index is 0.0300. The smallest absolute Gasteiger partial charge is 0.192 e. The van der Waals surface area contributed by atoms with E-state index in [0.717, 1.165) is 44.9 Å². The lowest BCUT2D eigenvalue weighted by Gasteiger charge is -2.36. The summed E-state index contributed by atoms with van der Waals surface area (Å²) in [5.41, 5.74) is 3.15. The summed E-state index contributed by atoms with van der Waals surface area (Å²) in [5.74, 6) is 0.742. The van der Waals surface area contributed by atoms with Crippen molar-refractivity contribution in [1.82, 2.24) is 4.90 Å². The maximum Gasteiger partial charge on any atom is 0.192 e. The summed E-state index contributed by atoms with van der Waals surface area (Å²) in [7, 11) is 0. The zero-order valence-electron chi connectivity index (χ0n) is 16.3. The molecule has 146 valence electrons. The highest BCUT2D eigenvalue weighted by Crippen LogP contribution is 2.19. The van der Waals surface area contributed by atoms with Gasteiger partial charge in [-0.2, -0.15) is 0 Å². The molecule has 3 aromatic rings. The van der Waals surface area contributed by atoms with Crippen LogP contribution < -0.4 is 15.1 Å². The number of benzene rings is 2. The summed E-state index contributed by atoms with van der Waals surface area (Å²) in [5, 5.41) is 0.585. The number of hydrogen-bond donors (Lipinski definition) is 0. The molecule has 0 spiro atoms. The fourth-order valence-electron chi connectivity index (χ4n) is 3.62. The van der Waals surface area contributed by atoms with Crippen LogP contribution >= 0.6 is 0 Å². The minimum Gasteiger partial charge on any atom is -0.493 e. The first-order chi connectivity index (χ1) is 13.7. The molecule has 1 aromatic heterocycles. The Hall–Kier alpha value is -2.79. The van der Waals surface area contributed by atoms with Gasteiger partial charge in [0.2, 0.25) is 0 Å². The molecule has 1 fully saturated rings. The Morgan fingerprint density at radius 2 is 1.79 bits per heavy atom. The molecule has 0 aliphatic carbocycles. The molecule has 1 saturated heterocycles. The molecule has 1 aliphatic heterocycles. The molecule has 2 aromatic carbocycles. The van der Waals surface area contributed by atoms with E-state index in [1.807, 2.05) is 6.07 Å². The van der Waals surface area contributed by atoms with E-state index in [1.165, 1.54) is 23.6 Å². The first kappa shape index (κ1) is 18.6. The van der Waals surface area contributed by atoms with Gasteiger partial charge in [-0.25, -0.2) is 0 Å². The monoisotopic (exact) mass is 378 g/mol. The lowest BCUT2D eigenvalue weighted by atomic mass is 10.2. The van der Waals surface area contributed by atoms with Gasteiger partial charge in [0.25, 0.3) is 0 Å². The number of ether oxygens (including phenoxy) is 1. The number of fused-ring (bicyclic) bond motifs is 1. The molecule has 0 bridgehead atoms. The van der Waals surface area contributed by atoms with E-state index >= 15 is 0 Å². The van der Waals surface area contributed by atoms with E-state index < -0.39 is 0 Å². The van der Waals surface area contributed by atoms with Gasteiger partial charge in [0.1, 0.15) is 11.3 Å². The van der Waals surface area contributed by atoms with Crippen molar-refractivity contribution in [3.63, 3.8) is 0 Å². The maximum absolute atomic E-state index is 11.7. The lowest BCUT2D eigenvalue weighted by Crippen LogP contribution is -2.46. The van der Waals surface area contributed by atoms with Crippen molar-refractivity contribution in [2.75, 3.05) is 44.2 Å². The van der Waals surface area contributed by atoms with Gasteiger partial charge in [0.15, 0.2) is 5.43 Å². The average molecular weight is 378 g/mol. The van der Waals surface area contributed by atoms with Crippen LogP contribution in [0.15, 0.2) is 64.0 Å². The molecule has 0 unspecified atom stereocenters. The third kappa shape index (κ3) is 4.37. The number of rotatable bonds is 6. The predicted molar refractivity (Wildman–Crippen MR) is 112 cm³/mol. The molecule has 0 saturated carbocycles. The van der Waals surface area contributed by atoms with Crippen molar-refractivity contribution in [3.05, 3.63) is 70.6 Å². The van der Waals surface area contributed by atoms with E-state index in [9.17, 15) is 4.79 Å². The Balaban J connectivity index is 1.21. The van der Waals surface area contributed by atoms with Gasteiger partial charge in [0.05, 0.1) is 18.3 Å². The standard InChI is InChI=1S/C23H26N2O3/c1-18-3-5-19(6-4-18)25-13-11-24(12-14-25)10-2-15-27-20-7-8-21-22(26)9-16-28-23(21)17-20/h3-9,16-17H,2,10-15H2,1H3. The van der Waals surface area contributed by atoms with Gasteiger partial charge in [-0.15, -0.1) is 0 Å². The van der Waals surface area contributed by atoms with E-state index in [4.69, 9.17) is 9.15 Å². The molecule has 0 atom stereocenters. The fraction of sp³-hybridized carbons (Fsp3) is 0.348. The van der Waals surface area contributed by atoms with Crippen LogP contribution in [0.2, 0.25) is 0 Å². The van der Waals surface area contributed by atoms with Crippen LogP contribution in [-0.2, 0) is 0 Å². The molecule has 0 N–H and O–H groups in total. The fourth-order valence-corrected chi connectivity index (χ4v) is 3.62. The van der Waals surface area contributed by atoms with Crippen LogP contribution in [-0.4, -0.2) is 44.2 Å². The molecule has 5 nitrogen and oxygen atoms in total. The third-order valence-corrected chi connectivity index (χ3v) is 5.29. The summed E-state index contributed by atoms with van der Waals surface area (Å²) in [6.45, 7) is 8.09. The molecular weight excluding hydrogens is 352 g/mol. The Morgan fingerprint density at radius 3 is 2.57 bits per heavy atom. The Morgan fingerprint density at radius 1 is 1.00 bits per heavy atom. The number of aryl methyl sites for hydroxylation is 1. The van der Waals surface area contributed by atoms with Gasteiger partial charge in [-0.1, -0.05) is 17.7 Å². The number of nitrogens with zero attached hydrogens (tertiary/aromatic N) is 2. The second-order valence-electron chi connectivity index (χ2n) is 7.31. The minimum atomic E-state index is -0.0300. The molecule has 2 heterocycles. The predicted octanol–water partition coefficient (Wildman–Crippen LogP) is 3.69. The Kier molecular flexibility index (Phi) is 5.63. The molecule has 0 amide bonds. The van der Waals surface area contributed by atoms with Crippen LogP contribution in [0.5, 0.6) is 5.75 Å². The second kappa shape index (κ2) is 8.48. The highest BCUT2D eigenvalue weighted by Gasteiger charge is 2.16. The molecule has 0 radical (unpaired) electrons. The van der Waals surface area contributed by atoms with Crippen LogP contribution in [0.1, 0.15) is 12.0 Å². The number of piperazine rings is 1. The van der Waals surface area contributed by atoms with Crippen molar-refractivity contribution < 1.29 is 9.15 Å². The van der Waals surface area contributed by atoms with Crippen molar-refractivity contribution in [2.45, 2.75) is 13.3 Å². The molecule has 1 aliphatic rings. The highest BCUT2D eigenvalue weighted by molar-refractivity contribution is 5.77. The largest absolute Gasteiger partial charge is 0.493 e. The van der Waals surface area contributed by atoms with Gasteiger partial charge in [-0.3, -0.25) is 9.69 Å². The van der Waals surface area contributed by atoms with Crippen molar-refractivity contribution >= 4 is 16.7 Å². The molecular formula is C23H26N2O3. The van der Waals surface area contributed by atoms with E-state index in [0.29, 0.717) is 17.6 Å². The summed E-state index contributed by atoms with van der Waals surface area (Å²) in [6, 6.07) is 15.6. The highest BCUT2D eigenvalue weighted by atomic mass is 16.5. The molecule has 28 heavy (non-hydrogen) atoms. The van der Waals surface area contributed by atoms with Gasteiger partial charge in [0, 0.05) is 50.5 Å². The molecule has 5 heteroatoms.